The lowest BCUT2D eigenvalue weighted by Gasteiger charge is -2.59. The lowest BCUT2D eigenvalue weighted by atomic mass is 9.43. The molecule has 25 heavy (non-hydrogen) atoms. The molecule has 1 heterocycles. The van der Waals surface area contributed by atoms with Gasteiger partial charge in [0.1, 0.15) is 11.7 Å². The fourth-order valence-electron chi connectivity index (χ4n) is 7.11. The normalized spacial score (nSPS) is 55.6. The topological polar surface area (TPSA) is 66.9 Å². The van der Waals surface area contributed by atoms with Gasteiger partial charge in [-0.05, 0) is 74.3 Å². The number of rotatable bonds is 1. The number of fused-ring (bicyclic) bond motifs is 8. The minimum Gasteiger partial charge on any atom is -0.386 e. The highest BCUT2D eigenvalue weighted by Gasteiger charge is 2.77. The van der Waals surface area contributed by atoms with Gasteiger partial charge in [-0.1, -0.05) is 19.1 Å². The van der Waals surface area contributed by atoms with Gasteiger partial charge in [-0.15, -0.1) is 0 Å². The van der Waals surface area contributed by atoms with E-state index in [1.165, 1.54) is 0 Å². The van der Waals surface area contributed by atoms with E-state index in [4.69, 9.17) is 4.74 Å². The molecule has 0 amide bonds. The molecular formula is C21H26O4. The summed E-state index contributed by atoms with van der Waals surface area (Å²) in [7, 11) is 0. The summed E-state index contributed by atoms with van der Waals surface area (Å²) in [6.45, 7) is 5.85. The maximum Gasteiger partial charge on any atom is 0.164 e. The number of carbonyl (C=O) groups excluding carboxylic acids is 2. The molecule has 0 spiro atoms. The third-order valence-corrected chi connectivity index (χ3v) is 8.52. The maximum absolute atomic E-state index is 12.9. The van der Waals surface area contributed by atoms with Crippen LogP contribution in [0.2, 0.25) is 0 Å². The van der Waals surface area contributed by atoms with Crippen LogP contribution in [0.15, 0.2) is 23.8 Å². The van der Waals surface area contributed by atoms with Gasteiger partial charge in [-0.25, -0.2) is 0 Å². The Hall–Kier alpha value is -1.26. The smallest absolute Gasteiger partial charge is 0.164 e. The lowest BCUT2D eigenvalue weighted by molar-refractivity contribution is -0.179. The van der Waals surface area contributed by atoms with Crippen LogP contribution in [0.5, 0.6) is 0 Å². The summed E-state index contributed by atoms with van der Waals surface area (Å²) >= 11 is 0. The molecule has 0 aromatic carbocycles. The van der Waals surface area contributed by atoms with E-state index in [-0.39, 0.29) is 41.0 Å². The molecule has 0 aromatic heterocycles. The number of allylic oxidation sites excluding steroid dienone is 3. The first-order valence-corrected chi connectivity index (χ1v) is 9.55. The number of Topliss-reactive ketones (excluding diaryl/α,β-unsaturated/α-hetero) is 1. The van der Waals surface area contributed by atoms with E-state index in [0.717, 1.165) is 24.8 Å². The average molecular weight is 342 g/mol. The summed E-state index contributed by atoms with van der Waals surface area (Å²) < 4.78 is 6.04. The van der Waals surface area contributed by atoms with Gasteiger partial charge in [0, 0.05) is 0 Å². The zero-order valence-corrected chi connectivity index (χ0v) is 15.1. The van der Waals surface area contributed by atoms with Crippen LogP contribution in [0.25, 0.3) is 0 Å². The van der Waals surface area contributed by atoms with Gasteiger partial charge in [0.2, 0.25) is 0 Å². The molecule has 5 rings (SSSR count). The summed E-state index contributed by atoms with van der Waals surface area (Å²) in [6, 6.07) is 0. The highest BCUT2D eigenvalue weighted by molar-refractivity contribution is 5.97. The molecule has 0 unspecified atom stereocenters. The number of hydrogen-bond acceptors (Lipinski definition) is 4. The summed E-state index contributed by atoms with van der Waals surface area (Å²) in [5.41, 5.74) is -0.991. The minimum absolute atomic E-state index is 0.0340. The minimum atomic E-state index is -1.08. The number of aliphatic hydroxyl groups is 1. The van der Waals surface area contributed by atoms with Crippen molar-refractivity contribution in [2.75, 3.05) is 0 Å². The van der Waals surface area contributed by atoms with Gasteiger partial charge in [0.05, 0.1) is 11.5 Å². The quantitative estimate of drug-likeness (QED) is 0.744. The number of ketones is 2. The monoisotopic (exact) mass is 342 g/mol. The van der Waals surface area contributed by atoms with E-state index in [9.17, 15) is 14.7 Å². The summed E-state index contributed by atoms with van der Waals surface area (Å²) in [5.74, 6) is 0.924. The Morgan fingerprint density at radius 2 is 2.08 bits per heavy atom. The molecule has 2 saturated carbocycles. The van der Waals surface area contributed by atoms with Gasteiger partial charge in [-0.2, -0.15) is 0 Å². The molecule has 1 aliphatic heterocycles. The van der Waals surface area contributed by atoms with Gasteiger partial charge in [0.25, 0.3) is 0 Å². The van der Waals surface area contributed by atoms with Crippen LogP contribution in [-0.4, -0.2) is 34.5 Å². The van der Waals surface area contributed by atoms with Crippen molar-refractivity contribution >= 4 is 11.6 Å². The third kappa shape index (κ3) is 1.62. The summed E-state index contributed by atoms with van der Waals surface area (Å²) in [4.78, 5) is 25.1. The second-order valence-electron chi connectivity index (χ2n) is 9.27. The van der Waals surface area contributed by atoms with Crippen molar-refractivity contribution in [3.8, 4) is 0 Å². The van der Waals surface area contributed by atoms with E-state index in [2.05, 4.69) is 13.0 Å². The summed E-state index contributed by atoms with van der Waals surface area (Å²) in [6.07, 6.45) is 8.55. The van der Waals surface area contributed by atoms with Crippen molar-refractivity contribution in [1.29, 1.82) is 0 Å². The molecule has 4 aliphatic carbocycles. The Balaban J connectivity index is 1.60. The van der Waals surface area contributed by atoms with Crippen LogP contribution in [0.4, 0.5) is 0 Å². The van der Waals surface area contributed by atoms with E-state index < -0.39 is 11.0 Å². The molecule has 4 nitrogen and oxygen atoms in total. The van der Waals surface area contributed by atoms with Crippen molar-refractivity contribution in [3.05, 3.63) is 23.8 Å². The molecule has 1 saturated heterocycles. The van der Waals surface area contributed by atoms with Crippen molar-refractivity contribution in [1.82, 2.24) is 0 Å². The second kappa shape index (κ2) is 4.52. The molecule has 4 heteroatoms. The van der Waals surface area contributed by atoms with Crippen molar-refractivity contribution in [2.45, 2.75) is 64.3 Å². The molecule has 8 atom stereocenters. The number of ether oxygens (including phenoxy) is 1. The molecule has 134 valence electrons. The zero-order valence-electron chi connectivity index (χ0n) is 15.1. The van der Waals surface area contributed by atoms with Gasteiger partial charge >= 0.3 is 0 Å². The molecule has 3 fully saturated rings. The number of hydrogen-bond donors (Lipinski definition) is 1. The Labute approximate surface area is 148 Å². The Morgan fingerprint density at radius 1 is 1.32 bits per heavy atom. The van der Waals surface area contributed by atoms with Crippen LogP contribution in [-0.2, 0) is 14.3 Å². The zero-order chi connectivity index (χ0) is 17.8. The van der Waals surface area contributed by atoms with Crippen LogP contribution in [0, 0.1) is 28.6 Å². The molecule has 0 aromatic rings. The standard InChI is InChI=1S/C21H26O4/c1-11(22)12-6-7-13-16-14(8-10-19(12,13)2)20(3)15(23)5-4-9-21(20,24)18-17(16)25-18/h4-6,13-14,16-18,24H,7-10H2,1-3H3/t13-,14-,16-,17-,18-,19+,20-,21-/m0/s1. The SMILES string of the molecule is CC(=O)C1=CC[C@H]2[C@@H]3[C@@H]4O[C@@H]4[C@@]4(O)CC=CC(=O)[C@]4(C)[C@H]3CC[C@]12C. The Kier molecular flexibility index (Phi) is 2.89. The second-order valence-corrected chi connectivity index (χ2v) is 9.27. The van der Waals surface area contributed by atoms with Gasteiger partial charge < -0.3 is 9.84 Å². The van der Waals surface area contributed by atoms with Gasteiger partial charge in [0.15, 0.2) is 11.6 Å². The van der Waals surface area contributed by atoms with E-state index in [1.807, 2.05) is 6.92 Å². The van der Waals surface area contributed by atoms with Crippen LogP contribution in [0.3, 0.4) is 0 Å². The van der Waals surface area contributed by atoms with Crippen LogP contribution < -0.4 is 0 Å². The first-order chi connectivity index (χ1) is 11.7. The van der Waals surface area contributed by atoms with Crippen molar-refractivity contribution < 1.29 is 19.4 Å². The molecule has 0 bridgehead atoms. The number of epoxide rings is 1. The predicted molar refractivity (Wildman–Crippen MR) is 91.7 cm³/mol. The largest absolute Gasteiger partial charge is 0.386 e. The van der Waals surface area contributed by atoms with Crippen LogP contribution in [0.1, 0.15) is 46.5 Å². The third-order valence-electron chi connectivity index (χ3n) is 8.52. The lowest BCUT2D eigenvalue weighted by Crippen LogP contribution is -2.67. The predicted octanol–water partition coefficient (Wildman–Crippen LogP) is 2.60. The maximum atomic E-state index is 12.9. The Morgan fingerprint density at radius 3 is 2.80 bits per heavy atom. The highest BCUT2D eigenvalue weighted by Crippen LogP contribution is 2.70. The van der Waals surface area contributed by atoms with Gasteiger partial charge in [-0.3, -0.25) is 9.59 Å². The fraction of sp³-hybridized carbons (Fsp3) is 0.714. The van der Waals surface area contributed by atoms with E-state index >= 15 is 0 Å². The highest BCUT2D eigenvalue weighted by atomic mass is 16.6. The van der Waals surface area contributed by atoms with E-state index in [0.29, 0.717) is 12.3 Å². The number of carbonyl (C=O) groups is 2. The molecule has 5 aliphatic rings. The van der Waals surface area contributed by atoms with Crippen molar-refractivity contribution in [2.24, 2.45) is 28.6 Å². The average Bonchev–Trinajstić information content (AvgIpc) is 3.27. The van der Waals surface area contributed by atoms with Crippen LogP contribution >= 0.6 is 0 Å². The molecule has 0 radical (unpaired) electrons. The first kappa shape index (κ1) is 16.0. The molecule has 1 N–H and O–H groups in total. The van der Waals surface area contributed by atoms with Crippen molar-refractivity contribution in [3.63, 3.8) is 0 Å². The Bertz CT molecular complexity index is 751. The van der Waals surface area contributed by atoms with E-state index in [1.54, 1.807) is 19.1 Å². The molecular weight excluding hydrogens is 316 g/mol. The fourth-order valence-corrected chi connectivity index (χ4v) is 7.11. The summed E-state index contributed by atoms with van der Waals surface area (Å²) in [5, 5.41) is 11.5. The first-order valence-electron chi connectivity index (χ1n) is 9.55.